The van der Waals surface area contributed by atoms with E-state index in [4.69, 9.17) is 10.2 Å². The fourth-order valence-electron chi connectivity index (χ4n) is 2.49. The first-order valence-electron chi connectivity index (χ1n) is 9.73. The van der Waals surface area contributed by atoms with Crippen molar-refractivity contribution >= 4 is 23.8 Å². The fraction of sp³-hybridized carbons (Fsp3) is 0.684. The minimum absolute atomic E-state index is 0.00703. The van der Waals surface area contributed by atoms with Gasteiger partial charge in [0.15, 0.2) is 5.60 Å². The molecule has 0 aliphatic rings. The third-order valence-corrected chi connectivity index (χ3v) is 4.15. The van der Waals surface area contributed by atoms with Crippen LogP contribution in [-0.4, -0.2) is 68.0 Å². The molecule has 0 aromatic carbocycles. The molecular weight excluding hydrogens is 384 g/mol. The molecule has 1 atom stereocenters. The summed E-state index contributed by atoms with van der Waals surface area (Å²) in [5.74, 6) is -4.79. The predicted molar refractivity (Wildman–Crippen MR) is 103 cm³/mol. The number of carboxylic acids is 2. The second-order valence-corrected chi connectivity index (χ2v) is 6.85. The number of unbranched alkanes of at least 4 members (excludes halogenated alkanes) is 5. The van der Waals surface area contributed by atoms with Gasteiger partial charge in [-0.2, -0.15) is 0 Å². The van der Waals surface area contributed by atoms with Gasteiger partial charge in [0.25, 0.3) is 5.91 Å². The molecule has 0 radical (unpaired) electrons. The van der Waals surface area contributed by atoms with Crippen LogP contribution in [0.3, 0.4) is 0 Å². The molecule has 0 aliphatic carbocycles. The van der Waals surface area contributed by atoms with Gasteiger partial charge in [0.05, 0.1) is 19.4 Å². The fourth-order valence-corrected chi connectivity index (χ4v) is 2.49. The minimum Gasteiger partial charge on any atom is -0.481 e. The number of amides is 2. The molecule has 0 aromatic rings. The highest BCUT2D eigenvalue weighted by molar-refractivity contribution is 5.90. The Balaban J connectivity index is 4.10. The number of rotatable bonds is 16. The Morgan fingerprint density at radius 3 is 2.24 bits per heavy atom. The van der Waals surface area contributed by atoms with Crippen molar-refractivity contribution in [2.24, 2.45) is 0 Å². The minimum atomic E-state index is -2.70. The largest absolute Gasteiger partial charge is 0.481 e. The van der Waals surface area contributed by atoms with Crippen LogP contribution in [0.5, 0.6) is 0 Å². The zero-order valence-electron chi connectivity index (χ0n) is 16.8. The zero-order chi connectivity index (χ0) is 22.3. The van der Waals surface area contributed by atoms with E-state index < -0.39 is 42.2 Å². The maximum absolute atomic E-state index is 11.7. The lowest BCUT2D eigenvalue weighted by atomic mass is 9.95. The third-order valence-electron chi connectivity index (χ3n) is 4.15. The maximum atomic E-state index is 11.7. The van der Waals surface area contributed by atoms with Gasteiger partial charge in [-0.3, -0.25) is 19.6 Å². The maximum Gasteiger partial charge on any atom is 0.336 e. The Morgan fingerprint density at radius 1 is 1.00 bits per heavy atom. The van der Waals surface area contributed by atoms with Crippen LogP contribution < -0.4 is 5.32 Å². The molecule has 0 saturated carbocycles. The molecule has 1 unspecified atom stereocenters. The van der Waals surface area contributed by atoms with Crippen LogP contribution in [0.25, 0.3) is 0 Å². The van der Waals surface area contributed by atoms with E-state index in [1.54, 1.807) is 6.08 Å². The Labute approximate surface area is 170 Å². The second-order valence-electron chi connectivity index (χ2n) is 6.85. The summed E-state index contributed by atoms with van der Waals surface area (Å²) < 4.78 is 0. The number of hydroxylamine groups is 2. The van der Waals surface area contributed by atoms with Crippen LogP contribution in [0.2, 0.25) is 0 Å². The van der Waals surface area contributed by atoms with E-state index in [2.05, 4.69) is 12.2 Å². The third kappa shape index (κ3) is 12.6. The van der Waals surface area contributed by atoms with E-state index >= 15 is 0 Å². The van der Waals surface area contributed by atoms with Crippen molar-refractivity contribution < 1.29 is 39.7 Å². The quantitative estimate of drug-likeness (QED) is 0.109. The second kappa shape index (κ2) is 14.5. The lowest BCUT2D eigenvalue weighted by Crippen LogP contribution is -2.45. The SMILES string of the molecule is CCCCCCC/C=C/C(=O)N(O)CCCNC(=O)CC(O)(CC(=O)O)C(=O)O. The first-order chi connectivity index (χ1) is 13.6. The summed E-state index contributed by atoms with van der Waals surface area (Å²) in [6, 6.07) is 0. The molecule has 0 saturated heterocycles. The molecule has 0 heterocycles. The summed E-state index contributed by atoms with van der Waals surface area (Å²) in [5, 5.41) is 39.8. The summed E-state index contributed by atoms with van der Waals surface area (Å²) in [5.41, 5.74) is -2.70. The number of hydrogen-bond acceptors (Lipinski definition) is 6. The molecule has 0 aromatic heterocycles. The molecular formula is C19H32N2O8. The molecule has 0 bridgehead atoms. The van der Waals surface area contributed by atoms with E-state index in [0.29, 0.717) is 5.06 Å². The van der Waals surface area contributed by atoms with Crippen molar-refractivity contribution in [2.75, 3.05) is 13.1 Å². The number of carbonyl (C=O) groups excluding carboxylic acids is 2. The zero-order valence-corrected chi connectivity index (χ0v) is 16.8. The van der Waals surface area contributed by atoms with Gasteiger partial charge in [0.1, 0.15) is 0 Å². The van der Waals surface area contributed by atoms with Gasteiger partial charge in [0, 0.05) is 12.6 Å². The lowest BCUT2D eigenvalue weighted by molar-refractivity contribution is -0.167. The molecule has 10 heteroatoms. The van der Waals surface area contributed by atoms with Gasteiger partial charge in [0.2, 0.25) is 5.91 Å². The number of carboxylic acid groups (broad SMARTS) is 2. The molecule has 166 valence electrons. The molecule has 0 aliphatic heterocycles. The standard InChI is InChI=1S/C19H32N2O8/c1-2-3-4-5-6-7-8-10-16(23)21(29)12-9-11-20-15(22)13-19(28,18(26)27)14-17(24)25/h8,10,28-29H,2-7,9,11-14H2,1H3,(H,20,22)(H,24,25)(H,26,27)/b10-8+. The van der Waals surface area contributed by atoms with Crippen LogP contribution in [0.1, 0.15) is 64.7 Å². The van der Waals surface area contributed by atoms with Crippen LogP contribution in [0.4, 0.5) is 0 Å². The Morgan fingerprint density at radius 2 is 1.66 bits per heavy atom. The highest BCUT2D eigenvalue weighted by Crippen LogP contribution is 2.16. The van der Waals surface area contributed by atoms with E-state index in [1.165, 1.54) is 12.5 Å². The highest BCUT2D eigenvalue weighted by Gasteiger charge is 2.40. The number of nitrogens with one attached hydrogen (secondary N) is 1. The highest BCUT2D eigenvalue weighted by atomic mass is 16.5. The number of aliphatic carboxylic acids is 2. The molecule has 10 nitrogen and oxygen atoms in total. The van der Waals surface area contributed by atoms with Gasteiger partial charge in [-0.1, -0.05) is 38.7 Å². The molecule has 29 heavy (non-hydrogen) atoms. The Bertz CT molecular complexity index is 579. The average Bonchev–Trinajstić information content (AvgIpc) is 2.63. The van der Waals surface area contributed by atoms with Crippen LogP contribution in [0.15, 0.2) is 12.2 Å². The summed E-state index contributed by atoms with van der Waals surface area (Å²) in [6.07, 6.45) is 7.49. The summed E-state index contributed by atoms with van der Waals surface area (Å²) in [7, 11) is 0. The monoisotopic (exact) mass is 416 g/mol. The van der Waals surface area contributed by atoms with E-state index in [9.17, 15) is 29.5 Å². The number of hydrogen-bond donors (Lipinski definition) is 5. The predicted octanol–water partition coefficient (Wildman–Crippen LogP) is 1.31. The van der Waals surface area contributed by atoms with Crippen LogP contribution in [-0.2, 0) is 19.2 Å². The molecule has 2 amide bonds. The first kappa shape index (κ1) is 26.5. The topological polar surface area (TPSA) is 164 Å². The van der Waals surface area contributed by atoms with E-state index in [1.807, 2.05) is 0 Å². The summed E-state index contributed by atoms with van der Waals surface area (Å²) >= 11 is 0. The summed E-state index contributed by atoms with van der Waals surface area (Å²) in [4.78, 5) is 45.0. The van der Waals surface area contributed by atoms with Gasteiger partial charge in [-0.25, -0.2) is 9.86 Å². The van der Waals surface area contributed by atoms with Gasteiger partial charge >= 0.3 is 11.9 Å². The number of nitrogens with zero attached hydrogens (tertiary/aromatic N) is 1. The smallest absolute Gasteiger partial charge is 0.336 e. The van der Waals surface area contributed by atoms with Crippen LogP contribution >= 0.6 is 0 Å². The van der Waals surface area contributed by atoms with Crippen molar-refractivity contribution in [3.63, 3.8) is 0 Å². The van der Waals surface area contributed by atoms with Crippen molar-refractivity contribution in [1.82, 2.24) is 10.4 Å². The Kier molecular flexibility index (Phi) is 13.3. The van der Waals surface area contributed by atoms with E-state index in [-0.39, 0.29) is 19.5 Å². The number of aliphatic hydroxyl groups is 1. The number of allylic oxidation sites excluding steroid dienone is 1. The summed E-state index contributed by atoms with van der Waals surface area (Å²) in [6.45, 7) is 2.08. The molecule has 0 spiro atoms. The van der Waals surface area contributed by atoms with Crippen molar-refractivity contribution in [2.45, 2.75) is 70.3 Å². The van der Waals surface area contributed by atoms with Gasteiger partial charge in [-0.15, -0.1) is 0 Å². The average molecular weight is 416 g/mol. The normalized spacial score (nSPS) is 13.1. The van der Waals surface area contributed by atoms with E-state index in [0.717, 1.165) is 32.1 Å². The first-order valence-corrected chi connectivity index (χ1v) is 9.73. The van der Waals surface area contributed by atoms with Gasteiger partial charge < -0.3 is 20.6 Å². The van der Waals surface area contributed by atoms with Crippen molar-refractivity contribution in [3.8, 4) is 0 Å². The molecule has 0 rings (SSSR count). The molecule has 5 N–H and O–H groups in total. The molecule has 0 fully saturated rings. The lowest BCUT2D eigenvalue weighted by Gasteiger charge is -2.20. The Hall–Kier alpha value is -2.46. The van der Waals surface area contributed by atoms with Gasteiger partial charge in [-0.05, 0) is 19.3 Å². The number of carbonyl (C=O) groups is 4. The van der Waals surface area contributed by atoms with Crippen LogP contribution in [0, 0.1) is 0 Å². The van der Waals surface area contributed by atoms with Crippen molar-refractivity contribution in [3.05, 3.63) is 12.2 Å². The van der Waals surface area contributed by atoms with Crippen molar-refractivity contribution in [1.29, 1.82) is 0 Å².